The molecule has 0 radical (unpaired) electrons. The first-order valence-corrected chi connectivity index (χ1v) is 8.13. The van der Waals surface area contributed by atoms with Crippen molar-refractivity contribution in [3.8, 4) is 11.5 Å². The van der Waals surface area contributed by atoms with Crippen LogP contribution in [-0.2, 0) is 6.42 Å². The summed E-state index contributed by atoms with van der Waals surface area (Å²) < 4.78 is 10.4. The summed E-state index contributed by atoms with van der Waals surface area (Å²) in [5.74, 6) is 1.45. The maximum absolute atomic E-state index is 11.8. The highest BCUT2D eigenvalue weighted by Gasteiger charge is 2.13. The number of benzene rings is 1. The van der Waals surface area contributed by atoms with Crippen molar-refractivity contribution < 1.29 is 9.47 Å². The summed E-state index contributed by atoms with van der Waals surface area (Å²) in [5, 5.41) is 2.93. The molecule has 0 saturated heterocycles. The van der Waals surface area contributed by atoms with Crippen LogP contribution in [0.3, 0.4) is 0 Å². The van der Waals surface area contributed by atoms with Gasteiger partial charge in [-0.05, 0) is 11.8 Å². The van der Waals surface area contributed by atoms with E-state index in [0.29, 0.717) is 23.6 Å². The summed E-state index contributed by atoms with van der Waals surface area (Å²) in [6.45, 7) is 6.25. The van der Waals surface area contributed by atoms with E-state index in [-0.39, 0.29) is 22.9 Å². The Balaban J connectivity index is 2.26. The molecule has 1 heterocycles. The van der Waals surface area contributed by atoms with Crippen molar-refractivity contribution in [3.63, 3.8) is 0 Å². The van der Waals surface area contributed by atoms with E-state index < -0.39 is 0 Å². The first-order chi connectivity index (χ1) is 12.2. The number of methoxy groups -OCH3 is 2. The highest BCUT2D eigenvalue weighted by Crippen LogP contribution is 2.25. The molecule has 0 atom stereocenters. The minimum atomic E-state index is -0.363. The molecule has 0 aliphatic rings. The third kappa shape index (κ3) is 5.80. The summed E-state index contributed by atoms with van der Waals surface area (Å²) in [6.07, 6.45) is 0.688. The zero-order chi connectivity index (χ0) is 19.3. The molecule has 0 fully saturated rings. The maximum atomic E-state index is 11.8. The number of aromatic amines is 1. The number of nitrogens with one attached hydrogen (secondary N) is 2. The second kappa shape index (κ2) is 7.90. The summed E-state index contributed by atoms with van der Waals surface area (Å²) in [7, 11) is 3.12. The number of aromatic nitrogens is 2. The van der Waals surface area contributed by atoms with Gasteiger partial charge in [-0.15, -0.1) is 0 Å². The third-order valence-electron chi connectivity index (χ3n) is 3.36. The lowest BCUT2D eigenvalue weighted by molar-refractivity contribution is 0.395. The van der Waals surface area contributed by atoms with Crippen molar-refractivity contribution in [1.82, 2.24) is 9.97 Å². The highest BCUT2D eigenvalue weighted by atomic mass is 16.5. The average Bonchev–Trinajstić information content (AvgIpc) is 2.51. The Labute approximate surface area is 152 Å². The van der Waals surface area contributed by atoms with Crippen LogP contribution in [0.2, 0.25) is 0 Å². The Hall–Kier alpha value is -3.03. The van der Waals surface area contributed by atoms with Crippen molar-refractivity contribution >= 4 is 17.6 Å². The zero-order valence-electron chi connectivity index (χ0n) is 15.7. The molecule has 1 aromatic heterocycles. The molecule has 8 nitrogen and oxygen atoms in total. The van der Waals surface area contributed by atoms with Crippen molar-refractivity contribution in [1.29, 1.82) is 0 Å². The van der Waals surface area contributed by atoms with Gasteiger partial charge in [-0.25, -0.2) is 0 Å². The number of aliphatic imine (C=N–C) groups is 1. The highest BCUT2D eigenvalue weighted by molar-refractivity contribution is 5.93. The van der Waals surface area contributed by atoms with Crippen LogP contribution >= 0.6 is 0 Å². The number of hydrogen-bond acceptors (Lipinski definition) is 5. The van der Waals surface area contributed by atoms with Gasteiger partial charge >= 0.3 is 0 Å². The quantitative estimate of drug-likeness (QED) is 0.558. The van der Waals surface area contributed by atoms with Gasteiger partial charge in [-0.2, -0.15) is 9.98 Å². The standard InChI is InChI=1S/C18H25N5O3/c1-18(2,3)10-12-8-15(24)22-17(21-12)23-16(19)20-11-6-13(25-4)9-14(7-11)26-5/h6-9H,10H2,1-5H3,(H4,19,20,21,22,23,24). The summed E-state index contributed by atoms with van der Waals surface area (Å²) in [5.41, 5.74) is 6.99. The Kier molecular flexibility index (Phi) is 5.86. The second-order valence-electron chi connectivity index (χ2n) is 7.03. The van der Waals surface area contributed by atoms with Crippen LogP contribution < -0.4 is 26.1 Å². The molecule has 0 aliphatic carbocycles. The Morgan fingerprint density at radius 2 is 1.81 bits per heavy atom. The molecule has 0 aliphatic heterocycles. The van der Waals surface area contributed by atoms with Crippen LogP contribution in [0.1, 0.15) is 26.5 Å². The van der Waals surface area contributed by atoms with Gasteiger partial charge in [-0.3, -0.25) is 4.79 Å². The van der Waals surface area contributed by atoms with E-state index in [0.717, 1.165) is 5.69 Å². The smallest absolute Gasteiger partial charge is 0.274 e. The topological polar surface area (TPSA) is 115 Å². The molecule has 4 N–H and O–H groups in total. The number of guanidine groups is 1. The Bertz CT molecular complexity index is 830. The Morgan fingerprint density at radius 1 is 1.19 bits per heavy atom. The molecular formula is C18H25N5O3. The molecule has 0 spiro atoms. The molecule has 0 unspecified atom stereocenters. The van der Waals surface area contributed by atoms with E-state index in [9.17, 15) is 4.79 Å². The first kappa shape index (κ1) is 19.3. The van der Waals surface area contributed by atoms with E-state index in [2.05, 4.69) is 41.0 Å². The number of hydrogen-bond donors (Lipinski definition) is 3. The SMILES string of the molecule is COc1cc(N/C(N)=N/c2nc(=O)cc(CC(C)(C)C)[nH]2)cc(OC)c1. The van der Waals surface area contributed by atoms with Crippen LogP contribution in [0.4, 0.5) is 11.6 Å². The maximum Gasteiger partial charge on any atom is 0.274 e. The predicted molar refractivity (Wildman–Crippen MR) is 102 cm³/mol. The van der Waals surface area contributed by atoms with Crippen LogP contribution in [0.25, 0.3) is 0 Å². The van der Waals surface area contributed by atoms with Gasteiger partial charge in [-0.1, -0.05) is 20.8 Å². The lowest BCUT2D eigenvalue weighted by atomic mass is 9.90. The van der Waals surface area contributed by atoms with Gasteiger partial charge in [0.05, 0.1) is 14.2 Å². The molecule has 1 aromatic carbocycles. The summed E-state index contributed by atoms with van der Waals surface area (Å²) in [6, 6.07) is 6.71. The Morgan fingerprint density at radius 3 is 2.35 bits per heavy atom. The molecule has 140 valence electrons. The van der Waals surface area contributed by atoms with Crippen molar-refractivity contribution in [3.05, 3.63) is 40.3 Å². The molecule has 2 aromatic rings. The molecule has 0 amide bonds. The number of rotatable bonds is 5. The van der Waals surface area contributed by atoms with Crippen molar-refractivity contribution in [2.45, 2.75) is 27.2 Å². The number of nitrogens with two attached hydrogens (primary N) is 1. The normalized spacial score (nSPS) is 12.0. The second-order valence-corrected chi connectivity index (χ2v) is 7.03. The summed E-state index contributed by atoms with van der Waals surface area (Å²) in [4.78, 5) is 22.8. The first-order valence-electron chi connectivity index (χ1n) is 8.13. The number of H-pyrrole nitrogens is 1. The van der Waals surface area contributed by atoms with Gasteiger partial charge in [0.2, 0.25) is 11.9 Å². The average molecular weight is 359 g/mol. The third-order valence-corrected chi connectivity index (χ3v) is 3.36. The zero-order valence-corrected chi connectivity index (χ0v) is 15.7. The number of anilines is 1. The minimum Gasteiger partial charge on any atom is -0.497 e. The fourth-order valence-electron chi connectivity index (χ4n) is 2.38. The fraction of sp³-hybridized carbons (Fsp3) is 0.389. The summed E-state index contributed by atoms with van der Waals surface area (Å²) >= 11 is 0. The molecular weight excluding hydrogens is 334 g/mol. The lowest BCUT2D eigenvalue weighted by Crippen LogP contribution is -2.23. The van der Waals surface area contributed by atoms with Crippen molar-refractivity contribution in [2.24, 2.45) is 16.1 Å². The van der Waals surface area contributed by atoms with Gasteiger partial charge in [0, 0.05) is 35.6 Å². The van der Waals surface area contributed by atoms with Crippen LogP contribution in [0, 0.1) is 5.41 Å². The van der Waals surface area contributed by atoms with Gasteiger partial charge < -0.3 is 25.5 Å². The number of nitrogens with zero attached hydrogens (tertiary/aromatic N) is 2. The van der Waals surface area contributed by atoms with E-state index in [1.165, 1.54) is 6.07 Å². The molecule has 0 bridgehead atoms. The number of ether oxygens (including phenoxy) is 2. The van der Waals surface area contributed by atoms with E-state index in [1.807, 2.05) is 0 Å². The van der Waals surface area contributed by atoms with Crippen LogP contribution in [-0.4, -0.2) is 30.1 Å². The van der Waals surface area contributed by atoms with Gasteiger partial charge in [0.1, 0.15) is 11.5 Å². The minimum absolute atomic E-state index is 0.0201. The molecule has 2 rings (SSSR count). The van der Waals surface area contributed by atoms with Crippen LogP contribution in [0.5, 0.6) is 11.5 Å². The van der Waals surface area contributed by atoms with Gasteiger partial charge in [0.15, 0.2) is 0 Å². The monoisotopic (exact) mass is 359 g/mol. The molecule has 26 heavy (non-hydrogen) atoms. The van der Waals surface area contributed by atoms with Gasteiger partial charge in [0.25, 0.3) is 5.56 Å². The molecule has 8 heteroatoms. The van der Waals surface area contributed by atoms with Crippen LogP contribution in [0.15, 0.2) is 34.1 Å². The fourth-order valence-corrected chi connectivity index (χ4v) is 2.38. The van der Waals surface area contributed by atoms with E-state index in [1.54, 1.807) is 32.4 Å². The molecule has 0 saturated carbocycles. The van der Waals surface area contributed by atoms with E-state index >= 15 is 0 Å². The van der Waals surface area contributed by atoms with Crippen molar-refractivity contribution in [2.75, 3.05) is 19.5 Å². The predicted octanol–water partition coefficient (Wildman–Crippen LogP) is 2.43. The lowest BCUT2D eigenvalue weighted by Gasteiger charge is -2.17. The largest absolute Gasteiger partial charge is 0.497 e. The van der Waals surface area contributed by atoms with E-state index in [4.69, 9.17) is 15.2 Å².